The second-order valence-electron chi connectivity index (χ2n) is 7.80. The minimum Gasteiger partial charge on any atom is -0.362 e. The van der Waals surface area contributed by atoms with Gasteiger partial charge in [-0.05, 0) is 56.5 Å². The van der Waals surface area contributed by atoms with Crippen molar-refractivity contribution in [3.63, 3.8) is 0 Å². The molecule has 8 nitrogen and oxygen atoms in total. The van der Waals surface area contributed by atoms with Crippen LogP contribution in [0.3, 0.4) is 0 Å². The van der Waals surface area contributed by atoms with Gasteiger partial charge in [-0.3, -0.25) is 20.4 Å². The van der Waals surface area contributed by atoms with Gasteiger partial charge in [0, 0.05) is 30.9 Å². The number of hydrogen-bond donors (Lipinski definition) is 2. The average Bonchev–Trinajstić information content (AvgIpc) is 2.77. The minimum absolute atomic E-state index is 0.0209. The number of amides is 2. The fraction of sp³-hybridized carbons (Fsp3) is 0.364. The summed E-state index contributed by atoms with van der Waals surface area (Å²) < 4.78 is 26.5. The van der Waals surface area contributed by atoms with Crippen molar-refractivity contribution in [2.75, 3.05) is 25.0 Å². The van der Waals surface area contributed by atoms with Gasteiger partial charge in [-0.15, -0.1) is 0 Å². The molecule has 2 aromatic rings. The third kappa shape index (κ3) is 5.23. The van der Waals surface area contributed by atoms with Crippen LogP contribution in [0.5, 0.6) is 0 Å². The van der Waals surface area contributed by atoms with Crippen LogP contribution < -0.4 is 15.8 Å². The van der Waals surface area contributed by atoms with E-state index >= 15 is 0 Å². The number of fused-ring (bicyclic) bond motifs is 1. The Morgan fingerprint density at radius 2 is 1.84 bits per heavy atom. The Kier molecular flexibility index (Phi) is 6.97. The number of carbonyl (C=O) groups is 2. The smallest absolute Gasteiger partial charge is 0.269 e. The summed E-state index contributed by atoms with van der Waals surface area (Å²) in [5, 5.41) is 0. The number of sulfonamides is 1. The van der Waals surface area contributed by atoms with E-state index in [0.29, 0.717) is 0 Å². The highest BCUT2D eigenvalue weighted by molar-refractivity contribution is 7.89. The molecule has 0 radical (unpaired) electrons. The number of carbonyl (C=O) groups excluding carboxylic acids is 2. The summed E-state index contributed by atoms with van der Waals surface area (Å²) >= 11 is 0. The van der Waals surface area contributed by atoms with Crippen LogP contribution in [0.25, 0.3) is 0 Å². The standard InChI is InChI=1S/C22H28N4O4S/c1-16(2)25(3)31(29,30)19-11-6-9-18(14-19)22(28)24-23-21(27)15-26-13-7-10-17-8-4-5-12-20(17)26/h4-6,8-9,11-12,14,16H,7,10,13,15H2,1-3H3,(H,23,27)(H,24,28). The maximum Gasteiger partial charge on any atom is 0.269 e. The van der Waals surface area contributed by atoms with Gasteiger partial charge >= 0.3 is 0 Å². The van der Waals surface area contributed by atoms with Gasteiger partial charge < -0.3 is 4.90 Å². The molecular weight excluding hydrogens is 416 g/mol. The van der Waals surface area contributed by atoms with Crippen LogP contribution in [0, 0.1) is 0 Å². The fourth-order valence-electron chi connectivity index (χ4n) is 3.43. The van der Waals surface area contributed by atoms with E-state index in [1.807, 2.05) is 23.1 Å². The second kappa shape index (κ2) is 9.49. The first-order chi connectivity index (χ1) is 14.7. The Balaban J connectivity index is 1.62. The molecule has 0 unspecified atom stereocenters. The highest BCUT2D eigenvalue weighted by Crippen LogP contribution is 2.26. The lowest BCUT2D eigenvalue weighted by atomic mass is 10.0. The molecule has 0 aromatic heterocycles. The lowest BCUT2D eigenvalue weighted by molar-refractivity contribution is -0.120. The van der Waals surface area contributed by atoms with Gasteiger partial charge in [-0.2, -0.15) is 4.31 Å². The molecule has 1 heterocycles. The molecule has 0 saturated carbocycles. The second-order valence-corrected chi connectivity index (χ2v) is 9.80. The number of para-hydroxylation sites is 1. The van der Waals surface area contributed by atoms with Crippen LogP contribution in [0.1, 0.15) is 36.2 Å². The quantitative estimate of drug-likeness (QED) is 0.664. The Bertz CT molecular complexity index is 1070. The summed E-state index contributed by atoms with van der Waals surface area (Å²) in [6.07, 6.45) is 1.94. The number of nitrogens with zero attached hydrogens (tertiary/aromatic N) is 2. The number of aryl methyl sites for hydroxylation is 1. The van der Waals surface area contributed by atoms with E-state index in [2.05, 4.69) is 16.9 Å². The van der Waals surface area contributed by atoms with Gasteiger partial charge in [-0.1, -0.05) is 24.3 Å². The van der Waals surface area contributed by atoms with Gasteiger partial charge in [0.05, 0.1) is 11.4 Å². The zero-order chi connectivity index (χ0) is 22.6. The summed E-state index contributed by atoms with van der Waals surface area (Å²) in [4.78, 5) is 26.9. The van der Waals surface area contributed by atoms with Crippen LogP contribution in [0.4, 0.5) is 5.69 Å². The fourth-order valence-corrected chi connectivity index (χ4v) is 4.84. The maximum atomic E-state index is 12.7. The predicted molar refractivity (Wildman–Crippen MR) is 119 cm³/mol. The van der Waals surface area contributed by atoms with E-state index in [-0.39, 0.29) is 29.0 Å². The summed E-state index contributed by atoms with van der Waals surface area (Å²) in [5.41, 5.74) is 7.16. The molecule has 0 bridgehead atoms. The number of anilines is 1. The maximum absolute atomic E-state index is 12.7. The molecule has 9 heteroatoms. The van der Waals surface area contributed by atoms with Gasteiger partial charge in [0.15, 0.2) is 0 Å². The number of benzene rings is 2. The summed E-state index contributed by atoms with van der Waals surface area (Å²) in [6.45, 7) is 4.42. The van der Waals surface area contributed by atoms with Crippen LogP contribution in [0.2, 0.25) is 0 Å². The highest BCUT2D eigenvalue weighted by Gasteiger charge is 2.24. The molecule has 0 aliphatic carbocycles. The minimum atomic E-state index is -3.71. The Morgan fingerprint density at radius 3 is 2.58 bits per heavy atom. The van der Waals surface area contributed by atoms with Crippen LogP contribution >= 0.6 is 0 Å². The molecule has 3 rings (SSSR count). The van der Waals surface area contributed by atoms with Crippen molar-refractivity contribution in [3.05, 3.63) is 59.7 Å². The third-order valence-electron chi connectivity index (χ3n) is 5.36. The largest absolute Gasteiger partial charge is 0.362 e. The SMILES string of the molecule is CC(C)N(C)S(=O)(=O)c1cccc(C(=O)NNC(=O)CN2CCCc3ccccc32)c1. The van der Waals surface area contributed by atoms with Crippen molar-refractivity contribution in [1.29, 1.82) is 0 Å². The van der Waals surface area contributed by atoms with Gasteiger partial charge in [0.1, 0.15) is 0 Å². The molecule has 1 aliphatic rings. The summed E-state index contributed by atoms with van der Waals surface area (Å²) in [5.74, 6) is -0.940. The van der Waals surface area contributed by atoms with Crippen molar-refractivity contribution in [3.8, 4) is 0 Å². The van der Waals surface area contributed by atoms with Crippen LogP contribution in [-0.2, 0) is 21.2 Å². The normalized spacial score (nSPS) is 13.8. The lowest BCUT2D eigenvalue weighted by Crippen LogP contribution is -2.47. The first kappa shape index (κ1) is 22.8. The van der Waals surface area contributed by atoms with E-state index in [1.165, 1.54) is 41.2 Å². The number of hydrogen-bond acceptors (Lipinski definition) is 5. The van der Waals surface area contributed by atoms with Gasteiger partial charge in [0.25, 0.3) is 11.8 Å². The zero-order valence-electron chi connectivity index (χ0n) is 18.0. The van der Waals surface area contributed by atoms with E-state index < -0.39 is 15.9 Å². The van der Waals surface area contributed by atoms with Gasteiger partial charge in [0.2, 0.25) is 10.0 Å². The van der Waals surface area contributed by atoms with Crippen molar-refractivity contribution < 1.29 is 18.0 Å². The molecule has 0 fully saturated rings. The van der Waals surface area contributed by atoms with Crippen molar-refractivity contribution in [2.24, 2.45) is 0 Å². The molecule has 0 atom stereocenters. The molecular formula is C22H28N4O4S. The number of hydrazine groups is 1. The lowest BCUT2D eigenvalue weighted by Gasteiger charge is -2.30. The predicted octanol–water partition coefficient (Wildman–Crippen LogP) is 1.93. The monoisotopic (exact) mass is 444 g/mol. The number of rotatable bonds is 6. The summed E-state index contributed by atoms with van der Waals surface area (Å²) in [7, 11) is -2.22. The molecule has 0 spiro atoms. The van der Waals surface area contributed by atoms with Crippen LogP contribution in [-0.4, -0.2) is 50.7 Å². The molecule has 0 saturated heterocycles. The zero-order valence-corrected chi connectivity index (χ0v) is 18.8. The van der Waals surface area contributed by atoms with Gasteiger partial charge in [-0.25, -0.2) is 8.42 Å². The first-order valence-electron chi connectivity index (χ1n) is 10.2. The molecule has 166 valence electrons. The molecule has 2 amide bonds. The Hall–Kier alpha value is -2.91. The topological polar surface area (TPSA) is 98.8 Å². The first-order valence-corrected chi connectivity index (χ1v) is 11.6. The highest BCUT2D eigenvalue weighted by atomic mass is 32.2. The van der Waals surface area contributed by atoms with Crippen molar-refractivity contribution >= 4 is 27.5 Å². The third-order valence-corrected chi connectivity index (χ3v) is 7.39. The van der Waals surface area contributed by atoms with Crippen molar-refractivity contribution in [1.82, 2.24) is 15.2 Å². The average molecular weight is 445 g/mol. The molecule has 2 N–H and O–H groups in total. The Labute approximate surface area is 183 Å². The van der Waals surface area contributed by atoms with E-state index in [0.717, 1.165) is 25.1 Å². The van der Waals surface area contributed by atoms with E-state index in [1.54, 1.807) is 13.8 Å². The molecule has 1 aliphatic heterocycles. The van der Waals surface area contributed by atoms with E-state index in [4.69, 9.17) is 0 Å². The Morgan fingerprint density at radius 1 is 1.10 bits per heavy atom. The summed E-state index contributed by atoms with van der Waals surface area (Å²) in [6, 6.07) is 13.5. The van der Waals surface area contributed by atoms with Crippen molar-refractivity contribution in [2.45, 2.75) is 37.6 Å². The van der Waals surface area contributed by atoms with E-state index in [9.17, 15) is 18.0 Å². The van der Waals surface area contributed by atoms with Crippen LogP contribution in [0.15, 0.2) is 53.4 Å². The number of nitrogens with one attached hydrogen (secondary N) is 2. The molecule has 2 aromatic carbocycles. The molecule has 31 heavy (non-hydrogen) atoms.